The van der Waals surface area contributed by atoms with Gasteiger partial charge in [-0.3, -0.25) is 9.59 Å². The van der Waals surface area contributed by atoms with Crippen LogP contribution in [-0.4, -0.2) is 21.6 Å². The molecule has 0 atom stereocenters. The normalized spacial score (nSPS) is 13.1. The molecule has 0 fully saturated rings. The molecule has 0 unspecified atom stereocenters. The fraction of sp³-hybridized carbons (Fsp3) is 0.250. The van der Waals surface area contributed by atoms with Crippen molar-refractivity contribution >= 4 is 29.4 Å². The Balaban J connectivity index is 1.51. The Morgan fingerprint density at radius 3 is 2.77 bits per heavy atom. The summed E-state index contributed by atoms with van der Waals surface area (Å²) in [4.78, 5) is 25.0. The number of aromatic nitrogens is 2. The van der Waals surface area contributed by atoms with E-state index in [1.165, 1.54) is 23.1 Å². The average Bonchev–Trinajstić information content (AvgIpc) is 3.46. The number of nitrogens with zero attached hydrogens (tertiary/aromatic N) is 2. The molecule has 0 aliphatic carbocycles. The van der Waals surface area contributed by atoms with Gasteiger partial charge in [0.2, 0.25) is 5.91 Å². The van der Waals surface area contributed by atoms with E-state index in [4.69, 9.17) is 4.42 Å². The number of anilines is 1. The Kier molecular flexibility index (Phi) is 5.77. The highest BCUT2D eigenvalue weighted by molar-refractivity contribution is 7.98. The molecule has 1 aromatic carbocycles. The monoisotopic (exact) mass is 450 g/mol. The second-order valence-electron chi connectivity index (χ2n) is 6.81. The fourth-order valence-corrected chi connectivity index (χ4v) is 4.16. The number of fused-ring (bicyclic) bond motifs is 1. The minimum Gasteiger partial charge on any atom is -0.467 e. The van der Waals surface area contributed by atoms with Gasteiger partial charge in [-0.15, -0.1) is 0 Å². The highest BCUT2D eigenvalue weighted by atomic mass is 32.2. The number of nitrogens with one attached hydrogen (secondary N) is 2. The second kappa shape index (κ2) is 8.50. The number of halogens is 3. The number of hydrogen-bond donors (Lipinski definition) is 2. The van der Waals surface area contributed by atoms with Crippen LogP contribution in [0, 0.1) is 0 Å². The molecule has 3 aromatic rings. The fourth-order valence-electron chi connectivity index (χ4n) is 3.13. The maximum Gasteiger partial charge on any atom is 0.416 e. The molecule has 11 heteroatoms. The molecule has 4 rings (SSSR count). The summed E-state index contributed by atoms with van der Waals surface area (Å²) in [5.41, 5.74) is 0.461. The van der Waals surface area contributed by atoms with Gasteiger partial charge in [0.1, 0.15) is 18.1 Å². The van der Waals surface area contributed by atoms with Crippen LogP contribution >= 0.6 is 11.8 Å². The van der Waals surface area contributed by atoms with Crippen LogP contribution in [0.4, 0.5) is 19.0 Å². The number of carbonyl (C=O) groups is 2. The molecule has 1 aliphatic heterocycles. The standard InChI is InChI=1S/C20H17F3N4O3S/c21-20(22,23)13-4-1-3-12(7-13)19(29)25-18-15-10-31-11-16(15)26-27(18)9-17(28)24-8-14-5-2-6-30-14/h1-7H,8-11H2,(H,24,28)(H,25,29). The van der Waals surface area contributed by atoms with Gasteiger partial charge in [0.25, 0.3) is 5.91 Å². The van der Waals surface area contributed by atoms with Crippen molar-refractivity contribution < 1.29 is 27.2 Å². The van der Waals surface area contributed by atoms with Crippen LogP contribution in [0.1, 0.15) is 32.9 Å². The van der Waals surface area contributed by atoms with Crippen LogP contribution in [0.25, 0.3) is 0 Å². The van der Waals surface area contributed by atoms with E-state index in [-0.39, 0.29) is 24.6 Å². The first-order chi connectivity index (χ1) is 14.8. The maximum absolute atomic E-state index is 13.0. The molecule has 0 spiro atoms. The van der Waals surface area contributed by atoms with Crippen LogP contribution in [0.5, 0.6) is 0 Å². The highest BCUT2D eigenvalue weighted by Crippen LogP contribution is 2.35. The van der Waals surface area contributed by atoms with E-state index in [1.807, 2.05) is 0 Å². The predicted octanol–water partition coefficient (Wildman–Crippen LogP) is 3.81. The van der Waals surface area contributed by atoms with E-state index in [9.17, 15) is 22.8 Å². The number of furan rings is 1. The summed E-state index contributed by atoms with van der Waals surface area (Å²) in [6.07, 6.45) is -3.05. The summed E-state index contributed by atoms with van der Waals surface area (Å²) in [7, 11) is 0. The van der Waals surface area contributed by atoms with E-state index in [2.05, 4.69) is 15.7 Å². The SMILES string of the molecule is O=C(Cn1nc2c(c1NC(=O)c1cccc(C(F)(F)F)c1)CSC2)NCc1ccco1. The smallest absolute Gasteiger partial charge is 0.416 e. The zero-order valence-corrected chi connectivity index (χ0v) is 16.8. The van der Waals surface area contributed by atoms with Gasteiger partial charge in [-0.25, -0.2) is 4.68 Å². The quantitative estimate of drug-likeness (QED) is 0.596. The molecule has 0 bridgehead atoms. The zero-order valence-electron chi connectivity index (χ0n) is 16.0. The first kappa shape index (κ1) is 21.0. The third-order valence-electron chi connectivity index (χ3n) is 4.64. The molecule has 7 nitrogen and oxygen atoms in total. The molecular weight excluding hydrogens is 433 g/mol. The van der Waals surface area contributed by atoms with Crippen molar-refractivity contribution in [3.8, 4) is 0 Å². The topological polar surface area (TPSA) is 89.2 Å². The first-order valence-corrected chi connectivity index (χ1v) is 10.4. The van der Waals surface area contributed by atoms with Crippen molar-refractivity contribution in [3.63, 3.8) is 0 Å². The Morgan fingerprint density at radius 1 is 1.19 bits per heavy atom. The molecular formula is C20H17F3N4O3S. The third kappa shape index (κ3) is 4.76. The van der Waals surface area contributed by atoms with Crippen molar-refractivity contribution in [3.05, 3.63) is 70.8 Å². The summed E-state index contributed by atoms with van der Waals surface area (Å²) in [5, 5.41) is 9.74. The van der Waals surface area contributed by atoms with Crippen LogP contribution in [0.15, 0.2) is 47.1 Å². The Labute approximate surface area is 179 Å². The number of thioether (sulfide) groups is 1. The Hall–Kier alpha value is -3.21. The minimum absolute atomic E-state index is 0.135. The van der Waals surface area contributed by atoms with Gasteiger partial charge in [0.05, 0.1) is 24.1 Å². The summed E-state index contributed by atoms with van der Waals surface area (Å²) >= 11 is 1.60. The molecule has 0 saturated carbocycles. The van der Waals surface area contributed by atoms with Crippen molar-refractivity contribution in [2.45, 2.75) is 30.8 Å². The minimum atomic E-state index is -4.55. The van der Waals surface area contributed by atoms with Crippen molar-refractivity contribution in [1.82, 2.24) is 15.1 Å². The number of alkyl halides is 3. The molecule has 162 valence electrons. The summed E-state index contributed by atoms with van der Waals surface area (Å²) < 4.78 is 45.4. The van der Waals surface area contributed by atoms with E-state index in [0.29, 0.717) is 23.1 Å². The van der Waals surface area contributed by atoms with E-state index < -0.39 is 17.6 Å². The van der Waals surface area contributed by atoms with Gasteiger partial charge in [0.15, 0.2) is 0 Å². The van der Waals surface area contributed by atoms with E-state index >= 15 is 0 Å². The lowest BCUT2D eigenvalue weighted by atomic mass is 10.1. The molecule has 3 heterocycles. The van der Waals surface area contributed by atoms with Crippen molar-refractivity contribution in [2.75, 3.05) is 5.32 Å². The lowest BCUT2D eigenvalue weighted by Crippen LogP contribution is -2.28. The number of amides is 2. The molecule has 0 radical (unpaired) electrons. The number of benzene rings is 1. The number of carbonyl (C=O) groups excluding carboxylic acids is 2. The lowest BCUT2D eigenvalue weighted by molar-refractivity contribution is -0.137. The average molecular weight is 450 g/mol. The molecule has 2 N–H and O–H groups in total. The third-order valence-corrected chi connectivity index (χ3v) is 5.61. The zero-order chi connectivity index (χ0) is 22.0. The molecule has 0 saturated heterocycles. The van der Waals surface area contributed by atoms with Crippen LogP contribution in [-0.2, 0) is 35.6 Å². The second-order valence-corrected chi connectivity index (χ2v) is 7.80. The van der Waals surface area contributed by atoms with E-state index in [0.717, 1.165) is 23.4 Å². The van der Waals surface area contributed by atoms with Gasteiger partial charge in [-0.1, -0.05) is 6.07 Å². The Bertz CT molecular complexity index is 1110. The number of hydrogen-bond acceptors (Lipinski definition) is 5. The van der Waals surface area contributed by atoms with Gasteiger partial charge < -0.3 is 15.1 Å². The van der Waals surface area contributed by atoms with Gasteiger partial charge in [-0.2, -0.15) is 30.0 Å². The van der Waals surface area contributed by atoms with Crippen LogP contribution in [0.3, 0.4) is 0 Å². The number of rotatable bonds is 6. The summed E-state index contributed by atoms with van der Waals surface area (Å²) in [6, 6.07) is 7.60. The maximum atomic E-state index is 13.0. The molecule has 31 heavy (non-hydrogen) atoms. The van der Waals surface area contributed by atoms with Crippen molar-refractivity contribution in [2.24, 2.45) is 0 Å². The molecule has 2 amide bonds. The van der Waals surface area contributed by atoms with Gasteiger partial charge in [-0.05, 0) is 30.3 Å². The summed E-state index contributed by atoms with van der Waals surface area (Å²) in [6.45, 7) is 0.0468. The summed E-state index contributed by atoms with van der Waals surface area (Å²) in [5.74, 6) is 1.06. The largest absolute Gasteiger partial charge is 0.467 e. The lowest BCUT2D eigenvalue weighted by Gasteiger charge is -2.12. The Morgan fingerprint density at radius 2 is 2.03 bits per heavy atom. The van der Waals surface area contributed by atoms with Crippen LogP contribution in [0.2, 0.25) is 0 Å². The van der Waals surface area contributed by atoms with Gasteiger partial charge >= 0.3 is 6.18 Å². The van der Waals surface area contributed by atoms with E-state index in [1.54, 1.807) is 23.9 Å². The highest BCUT2D eigenvalue weighted by Gasteiger charge is 2.31. The van der Waals surface area contributed by atoms with Gasteiger partial charge in [0, 0.05) is 22.6 Å². The van der Waals surface area contributed by atoms with Crippen molar-refractivity contribution in [1.29, 1.82) is 0 Å². The molecule has 2 aromatic heterocycles. The van der Waals surface area contributed by atoms with Crippen LogP contribution < -0.4 is 10.6 Å². The predicted molar refractivity (Wildman–Crippen MR) is 107 cm³/mol. The molecule has 1 aliphatic rings. The first-order valence-electron chi connectivity index (χ1n) is 9.25.